The fourth-order valence-electron chi connectivity index (χ4n) is 0.996. The van der Waals surface area contributed by atoms with Crippen LogP contribution >= 0.6 is 0 Å². The van der Waals surface area contributed by atoms with Crippen LogP contribution in [0.15, 0.2) is 23.9 Å². The number of rotatable bonds is 2. The van der Waals surface area contributed by atoms with Gasteiger partial charge in [-0.3, -0.25) is 0 Å². The molecule has 0 saturated carbocycles. The maximum atomic E-state index is 12.8. The molecule has 1 aromatic rings. The van der Waals surface area contributed by atoms with E-state index >= 15 is 0 Å². The number of halogens is 1. The van der Waals surface area contributed by atoms with E-state index < -0.39 is 11.8 Å². The van der Waals surface area contributed by atoms with E-state index in [-0.39, 0.29) is 5.70 Å². The fourth-order valence-corrected chi connectivity index (χ4v) is 0.996. The van der Waals surface area contributed by atoms with Crippen molar-refractivity contribution in [3.8, 4) is 0 Å². The van der Waals surface area contributed by atoms with Gasteiger partial charge in [-0.2, -0.15) is 0 Å². The monoisotopic (exact) mass is 195 g/mol. The molecule has 0 spiro atoms. The Hall–Kier alpha value is -1.84. The van der Waals surface area contributed by atoms with Gasteiger partial charge in [0.2, 0.25) is 0 Å². The van der Waals surface area contributed by atoms with Gasteiger partial charge in [0.1, 0.15) is 11.5 Å². The first-order chi connectivity index (χ1) is 6.50. The van der Waals surface area contributed by atoms with Crippen LogP contribution in [-0.4, -0.2) is 11.1 Å². The molecule has 0 saturated heterocycles. The molecule has 0 unspecified atom stereocenters. The zero-order chi connectivity index (χ0) is 10.7. The average Bonchev–Trinajstić information content (AvgIpc) is 2.11. The van der Waals surface area contributed by atoms with Gasteiger partial charge in [0, 0.05) is 0 Å². The molecule has 0 radical (unpaired) electrons. The first-order valence-electron chi connectivity index (χ1n) is 3.97. The normalized spacial score (nSPS) is 11.4. The van der Waals surface area contributed by atoms with E-state index in [4.69, 9.17) is 10.8 Å². The summed E-state index contributed by atoms with van der Waals surface area (Å²) in [7, 11) is 0. The number of hydrogen-bond donors (Lipinski definition) is 2. The van der Waals surface area contributed by atoms with Gasteiger partial charge in [-0.05, 0) is 36.3 Å². The third kappa shape index (κ3) is 2.32. The third-order valence-electron chi connectivity index (χ3n) is 1.80. The second-order valence-corrected chi connectivity index (χ2v) is 2.91. The lowest BCUT2D eigenvalue weighted by Gasteiger charge is -2.00. The van der Waals surface area contributed by atoms with Crippen molar-refractivity contribution in [2.75, 3.05) is 0 Å². The molecule has 0 aliphatic carbocycles. The summed E-state index contributed by atoms with van der Waals surface area (Å²) < 4.78 is 12.8. The van der Waals surface area contributed by atoms with Crippen LogP contribution in [0.5, 0.6) is 0 Å². The number of carbonyl (C=O) groups is 1. The van der Waals surface area contributed by atoms with Crippen molar-refractivity contribution in [1.29, 1.82) is 0 Å². The SMILES string of the molecule is Cc1ccc(F)cc1/C=C(/N)C(=O)O. The minimum atomic E-state index is -1.21. The first kappa shape index (κ1) is 10.2. The predicted molar refractivity (Wildman–Crippen MR) is 50.9 cm³/mol. The van der Waals surface area contributed by atoms with Crippen LogP contribution in [0, 0.1) is 12.7 Å². The molecule has 1 aromatic carbocycles. The molecule has 0 aromatic heterocycles. The number of aliphatic carboxylic acids is 1. The molecule has 0 atom stereocenters. The molecule has 74 valence electrons. The molecule has 14 heavy (non-hydrogen) atoms. The summed E-state index contributed by atoms with van der Waals surface area (Å²) in [6.45, 7) is 1.75. The van der Waals surface area contributed by atoms with E-state index in [9.17, 15) is 9.18 Å². The van der Waals surface area contributed by atoms with Gasteiger partial charge >= 0.3 is 5.97 Å². The number of nitrogens with two attached hydrogens (primary N) is 1. The van der Waals surface area contributed by atoms with Crippen molar-refractivity contribution in [2.24, 2.45) is 5.73 Å². The summed E-state index contributed by atoms with van der Waals surface area (Å²) in [5.41, 5.74) is 6.15. The maximum Gasteiger partial charge on any atom is 0.351 e. The van der Waals surface area contributed by atoms with E-state index in [2.05, 4.69) is 0 Å². The van der Waals surface area contributed by atoms with Crippen molar-refractivity contribution >= 4 is 12.0 Å². The van der Waals surface area contributed by atoms with Gasteiger partial charge in [0.15, 0.2) is 0 Å². The van der Waals surface area contributed by atoms with Crippen LogP contribution in [0.25, 0.3) is 6.08 Å². The molecule has 3 N–H and O–H groups in total. The summed E-state index contributed by atoms with van der Waals surface area (Å²) in [6.07, 6.45) is 1.24. The number of benzene rings is 1. The van der Waals surface area contributed by atoms with E-state index in [0.717, 1.165) is 5.56 Å². The average molecular weight is 195 g/mol. The Balaban J connectivity index is 3.13. The summed E-state index contributed by atoms with van der Waals surface area (Å²) in [5.74, 6) is -1.63. The molecule has 0 fully saturated rings. The standard InChI is InChI=1S/C10H10FNO2/c1-6-2-3-8(11)4-7(6)5-9(12)10(13)14/h2-5H,12H2,1H3,(H,13,14)/b9-5+. The molecular formula is C10H10FNO2. The predicted octanol–water partition coefficient (Wildman–Crippen LogP) is 1.52. The highest BCUT2D eigenvalue weighted by atomic mass is 19.1. The second-order valence-electron chi connectivity index (χ2n) is 2.91. The van der Waals surface area contributed by atoms with E-state index in [1.807, 2.05) is 0 Å². The molecule has 4 heteroatoms. The maximum absolute atomic E-state index is 12.8. The van der Waals surface area contributed by atoms with Crippen molar-refractivity contribution in [1.82, 2.24) is 0 Å². The van der Waals surface area contributed by atoms with Gasteiger partial charge in [-0.1, -0.05) is 6.07 Å². The van der Waals surface area contributed by atoms with E-state index in [1.54, 1.807) is 13.0 Å². The third-order valence-corrected chi connectivity index (χ3v) is 1.80. The summed E-state index contributed by atoms with van der Waals surface area (Å²) >= 11 is 0. The first-order valence-corrected chi connectivity index (χ1v) is 3.97. The molecule has 3 nitrogen and oxygen atoms in total. The summed E-state index contributed by atoms with van der Waals surface area (Å²) in [4.78, 5) is 10.4. The zero-order valence-electron chi connectivity index (χ0n) is 7.62. The fraction of sp³-hybridized carbons (Fsp3) is 0.100. The highest BCUT2D eigenvalue weighted by Crippen LogP contribution is 2.12. The topological polar surface area (TPSA) is 63.3 Å². The van der Waals surface area contributed by atoms with Crippen molar-refractivity contribution in [2.45, 2.75) is 6.92 Å². The van der Waals surface area contributed by atoms with Gasteiger partial charge in [0.05, 0.1) is 0 Å². The number of aryl methyl sites for hydroxylation is 1. The lowest BCUT2D eigenvalue weighted by atomic mass is 10.1. The van der Waals surface area contributed by atoms with Crippen LogP contribution in [-0.2, 0) is 4.79 Å². The largest absolute Gasteiger partial charge is 0.477 e. The van der Waals surface area contributed by atoms with Crippen molar-refractivity contribution < 1.29 is 14.3 Å². The van der Waals surface area contributed by atoms with Crippen LogP contribution in [0.2, 0.25) is 0 Å². The molecule has 0 amide bonds. The number of hydrogen-bond acceptors (Lipinski definition) is 2. The van der Waals surface area contributed by atoms with E-state index in [0.29, 0.717) is 5.56 Å². The second kappa shape index (κ2) is 3.91. The van der Waals surface area contributed by atoms with Crippen LogP contribution in [0.1, 0.15) is 11.1 Å². The lowest BCUT2D eigenvalue weighted by Crippen LogP contribution is -2.09. The number of carboxylic acids is 1. The Bertz CT molecular complexity index is 399. The van der Waals surface area contributed by atoms with Crippen LogP contribution in [0.4, 0.5) is 4.39 Å². The number of carboxylic acid groups (broad SMARTS) is 1. The Morgan fingerprint density at radius 3 is 2.79 bits per heavy atom. The van der Waals surface area contributed by atoms with Gasteiger partial charge in [-0.15, -0.1) is 0 Å². The zero-order valence-corrected chi connectivity index (χ0v) is 7.62. The van der Waals surface area contributed by atoms with Gasteiger partial charge in [0.25, 0.3) is 0 Å². The lowest BCUT2D eigenvalue weighted by molar-refractivity contribution is -0.132. The Labute approximate surface area is 80.7 Å². The molecule has 0 aliphatic heterocycles. The summed E-state index contributed by atoms with van der Waals surface area (Å²) in [5, 5.41) is 8.52. The minimum absolute atomic E-state index is 0.307. The van der Waals surface area contributed by atoms with Crippen molar-refractivity contribution in [3.63, 3.8) is 0 Å². The quantitative estimate of drug-likeness (QED) is 0.703. The highest BCUT2D eigenvalue weighted by Gasteiger charge is 2.03. The van der Waals surface area contributed by atoms with Gasteiger partial charge in [-0.25, -0.2) is 9.18 Å². The molecule has 1 rings (SSSR count). The molecule has 0 bridgehead atoms. The Morgan fingerprint density at radius 1 is 1.57 bits per heavy atom. The highest BCUT2D eigenvalue weighted by molar-refractivity contribution is 5.91. The van der Waals surface area contributed by atoms with Crippen LogP contribution in [0.3, 0.4) is 0 Å². The van der Waals surface area contributed by atoms with E-state index in [1.165, 1.54) is 18.2 Å². The molecule has 0 heterocycles. The van der Waals surface area contributed by atoms with Gasteiger partial charge < -0.3 is 10.8 Å². The molecular weight excluding hydrogens is 185 g/mol. The van der Waals surface area contributed by atoms with Crippen LogP contribution < -0.4 is 5.73 Å². The Kier molecular flexibility index (Phi) is 2.86. The molecule has 0 aliphatic rings. The Morgan fingerprint density at radius 2 is 2.21 bits per heavy atom. The van der Waals surface area contributed by atoms with Crippen molar-refractivity contribution in [3.05, 3.63) is 40.8 Å². The smallest absolute Gasteiger partial charge is 0.351 e. The minimum Gasteiger partial charge on any atom is -0.477 e. The summed E-state index contributed by atoms with van der Waals surface area (Å²) in [6, 6.07) is 4.12.